The van der Waals surface area contributed by atoms with E-state index in [1.54, 1.807) is 49.4 Å². The van der Waals surface area contributed by atoms with Gasteiger partial charge in [0.25, 0.3) is 0 Å². The van der Waals surface area contributed by atoms with Crippen LogP contribution in [0.4, 0.5) is 22.0 Å². The van der Waals surface area contributed by atoms with Crippen LogP contribution in [0, 0.1) is 24.6 Å². The van der Waals surface area contributed by atoms with Crippen LogP contribution in [0.25, 0.3) is 28.5 Å². The predicted molar refractivity (Wildman–Crippen MR) is 101 cm³/mol. The van der Waals surface area contributed by atoms with Crippen LogP contribution < -0.4 is 0 Å². The Bertz CT molecular complexity index is 1220. The van der Waals surface area contributed by atoms with Crippen LogP contribution in [0.15, 0.2) is 60.7 Å². The van der Waals surface area contributed by atoms with E-state index in [4.69, 9.17) is 0 Å². The molecule has 1 aromatic heterocycles. The minimum Gasteiger partial charge on any atom is -0.316 e. The van der Waals surface area contributed by atoms with Crippen LogP contribution in [0.1, 0.15) is 11.1 Å². The Labute approximate surface area is 187 Å². The summed E-state index contributed by atoms with van der Waals surface area (Å²) in [5.41, 5.74) is -0.00767. The SMILES string of the molecule is Cc1ccc(-c2nnc(-c3[c-]cc(C(F)(F)F)c(F)c3)n2-c2ccccc2)cc1F.[Ir]. The Morgan fingerprint density at radius 2 is 1.55 bits per heavy atom. The molecule has 3 aromatic carbocycles. The fourth-order valence-electron chi connectivity index (χ4n) is 3.01. The summed E-state index contributed by atoms with van der Waals surface area (Å²) in [6.07, 6.45) is -4.84. The minimum atomic E-state index is -4.84. The molecule has 0 spiro atoms. The van der Waals surface area contributed by atoms with Gasteiger partial charge in [0.2, 0.25) is 0 Å². The molecule has 3 nitrogen and oxygen atoms in total. The first-order valence-electron chi connectivity index (χ1n) is 8.82. The summed E-state index contributed by atoms with van der Waals surface area (Å²) in [4.78, 5) is 0. The molecular weight excluding hydrogens is 593 g/mol. The molecule has 0 N–H and O–H groups in total. The molecule has 4 aromatic rings. The smallest absolute Gasteiger partial charge is 0.316 e. The van der Waals surface area contributed by atoms with Crippen LogP contribution >= 0.6 is 0 Å². The van der Waals surface area contributed by atoms with Crippen LogP contribution in [-0.4, -0.2) is 14.8 Å². The molecular formula is C22H13F5IrN3-. The molecule has 0 aliphatic rings. The number of hydrogen-bond donors (Lipinski definition) is 0. The molecule has 0 aliphatic carbocycles. The Kier molecular flexibility index (Phi) is 6.38. The quantitative estimate of drug-likeness (QED) is 0.212. The maximum Gasteiger partial charge on any atom is 0.384 e. The molecule has 161 valence electrons. The first-order valence-corrected chi connectivity index (χ1v) is 8.82. The maximum absolute atomic E-state index is 14.1. The third-order valence-corrected chi connectivity index (χ3v) is 4.55. The topological polar surface area (TPSA) is 30.7 Å². The molecule has 0 aliphatic heterocycles. The largest absolute Gasteiger partial charge is 0.384 e. The molecule has 0 atom stereocenters. The molecule has 1 heterocycles. The number of nitrogens with zero attached hydrogens (tertiary/aromatic N) is 3. The van der Waals surface area contributed by atoms with Crippen molar-refractivity contribution in [3.63, 3.8) is 0 Å². The van der Waals surface area contributed by atoms with Gasteiger partial charge in [0.1, 0.15) is 5.82 Å². The monoisotopic (exact) mass is 607 g/mol. The molecule has 0 saturated carbocycles. The van der Waals surface area contributed by atoms with E-state index in [1.165, 1.54) is 10.6 Å². The number of alkyl halides is 3. The van der Waals surface area contributed by atoms with E-state index in [2.05, 4.69) is 16.3 Å². The van der Waals surface area contributed by atoms with Crippen molar-refractivity contribution in [2.45, 2.75) is 13.1 Å². The van der Waals surface area contributed by atoms with Crippen LogP contribution in [0.3, 0.4) is 0 Å². The summed E-state index contributed by atoms with van der Waals surface area (Å²) in [7, 11) is 0. The summed E-state index contributed by atoms with van der Waals surface area (Å²) in [6, 6.07) is 16.9. The van der Waals surface area contributed by atoms with Gasteiger partial charge in [0, 0.05) is 36.9 Å². The summed E-state index contributed by atoms with van der Waals surface area (Å²) in [5.74, 6) is -1.56. The Morgan fingerprint density at radius 1 is 0.871 bits per heavy atom. The number of para-hydroxylation sites is 1. The van der Waals surface area contributed by atoms with E-state index < -0.39 is 23.4 Å². The van der Waals surface area contributed by atoms with Crippen molar-refractivity contribution >= 4 is 0 Å². The van der Waals surface area contributed by atoms with Gasteiger partial charge in [-0.2, -0.15) is 18.3 Å². The average molecular weight is 607 g/mol. The van der Waals surface area contributed by atoms with Crippen molar-refractivity contribution in [3.05, 3.63) is 89.5 Å². The second kappa shape index (κ2) is 8.69. The third kappa shape index (κ3) is 4.43. The van der Waals surface area contributed by atoms with E-state index in [0.29, 0.717) is 28.9 Å². The van der Waals surface area contributed by atoms with Gasteiger partial charge in [-0.1, -0.05) is 30.3 Å². The molecule has 31 heavy (non-hydrogen) atoms. The van der Waals surface area contributed by atoms with Gasteiger partial charge in [-0.15, -0.1) is 28.9 Å². The van der Waals surface area contributed by atoms with Gasteiger partial charge in [0.05, 0.1) is 11.6 Å². The van der Waals surface area contributed by atoms with Crippen LogP contribution in [0.2, 0.25) is 0 Å². The molecule has 0 unspecified atom stereocenters. The van der Waals surface area contributed by atoms with E-state index in [-0.39, 0.29) is 37.3 Å². The fourth-order valence-corrected chi connectivity index (χ4v) is 3.01. The van der Waals surface area contributed by atoms with E-state index in [0.717, 1.165) is 0 Å². The molecule has 4 rings (SSSR count). The zero-order valence-electron chi connectivity index (χ0n) is 15.8. The van der Waals surface area contributed by atoms with Crippen molar-refractivity contribution < 1.29 is 42.1 Å². The zero-order valence-corrected chi connectivity index (χ0v) is 18.2. The number of halogens is 5. The standard InChI is InChI=1S/C22H13F5N3.Ir/c1-13-7-8-14(11-18(13)23)20-28-29-21(30(20)16-5-3-2-4-6-16)15-9-10-17(19(24)12-15)22(25,26)27;/h2-8,10-12H,1H3;/q-1;. The van der Waals surface area contributed by atoms with Gasteiger partial charge < -0.3 is 4.57 Å². The third-order valence-electron chi connectivity index (χ3n) is 4.55. The predicted octanol–water partition coefficient (Wildman–Crippen LogP) is 6.00. The van der Waals surface area contributed by atoms with Crippen molar-refractivity contribution in [1.29, 1.82) is 0 Å². The average Bonchev–Trinajstić information content (AvgIpc) is 3.15. The van der Waals surface area contributed by atoms with Gasteiger partial charge in [-0.05, 0) is 30.7 Å². The maximum atomic E-state index is 14.1. The number of aromatic nitrogens is 3. The van der Waals surface area contributed by atoms with E-state index in [1.807, 2.05) is 0 Å². The number of benzene rings is 3. The molecule has 0 fully saturated rings. The zero-order chi connectivity index (χ0) is 21.5. The fraction of sp³-hybridized carbons (Fsp3) is 0.0909. The van der Waals surface area contributed by atoms with Crippen molar-refractivity contribution in [2.24, 2.45) is 0 Å². The van der Waals surface area contributed by atoms with Crippen molar-refractivity contribution in [2.75, 3.05) is 0 Å². The summed E-state index contributed by atoms with van der Waals surface area (Å²) in [5, 5.41) is 8.13. The van der Waals surface area contributed by atoms with Gasteiger partial charge in [-0.3, -0.25) is 0 Å². The Morgan fingerprint density at radius 3 is 2.16 bits per heavy atom. The van der Waals surface area contributed by atoms with Crippen molar-refractivity contribution in [1.82, 2.24) is 14.8 Å². The van der Waals surface area contributed by atoms with E-state index in [9.17, 15) is 22.0 Å². The van der Waals surface area contributed by atoms with Crippen LogP contribution in [-0.2, 0) is 26.3 Å². The minimum absolute atomic E-state index is 0. The van der Waals surface area contributed by atoms with Gasteiger partial charge >= 0.3 is 6.18 Å². The normalized spacial score (nSPS) is 11.3. The molecule has 9 heteroatoms. The van der Waals surface area contributed by atoms with E-state index >= 15 is 0 Å². The molecule has 0 saturated heterocycles. The van der Waals surface area contributed by atoms with Gasteiger partial charge in [-0.25, -0.2) is 8.78 Å². The number of rotatable bonds is 3. The first-order chi connectivity index (χ1) is 14.3. The molecule has 0 bridgehead atoms. The summed E-state index contributed by atoms with van der Waals surface area (Å²) in [6.45, 7) is 1.62. The van der Waals surface area contributed by atoms with Gasteiger partial charge in [0.15, 0.2) is 5.82 Å². The number of hydrogen-bond acceptors (Lipinski definition) is 2. The van der Waals surface area contributed by atoms with Crippen molar-refractivity contribution in [3.8, 4) is 28.5 Å². The Balaban J connectivity index is 0.00000272. The summed E-state index contributed by atoms with van der Waals surface area (Å²) >= 11 is 0. The molecule has 1 radical (unpaired) electrons. The second-order valence-corrected chi connectivity index (χ2v) is 6.59. The first kappa shape index (κ1) is 22.8. The molecule has 0 amide bonds. The number of aryl methyl sites for hydroxylation is 1. The van der Waals surface area contributed by atoms with Crippen LogP contribution in [0.5, 0.6) is 0 Å². The Hall–Kier alpha value is -2.90. The summed E-state index contributed by atoms with van der Waals surface area (Å²) < 4.78 is 68.5. The second-order valence-electron chi connectivity index (χ2n) is 6.59.